The summed E-state index contributed by atoms with van der Waals surface area (Å²) in [5.41, 5.74) is 0.763. The maximum atomic E-state index is 12.3. The number of aryl methyl sites for hydroxylation is 1. The number of sulfonamides is 1. The second kappa shape index (κ2) is 6.03. The lowest BCUT2D eigenvalue weighted by molar-refractivity contribution is -0.129. The third-order valence-electron chi connectivity index (χ3n) is 3.67. The highest BCUT2D eigenvalue weighted by molar-refractivity contribution is 7.89. The summed E-state index contributed by atoms with van der Waals surface area (Å²) in [5.74, 6) is -0.248. The van der Waals surface area contributed by atoms with Crippen LogP contribution in [0.15, 0.2) is 23.1 Å². The molecular formula is C14H20N2O4S. The van der Waals surface area contributed by atoms with Gasteiger partial charge in [0.2, 0.25) is 15.9 Å². The summed E-state index contributed by atoms with van der Waals surface area (Å²) in [4.78, 5) is 12.9. The molecule has 0 unspecified atom stereocenters. The molecule has 1 heterocycles. The maximum Gasteiger partial charge on any atom is 0.244 e. The third kappa shape index (κ3) is 3.74. The van der Waals surface area contributed by atoms with Crippen LogP contribution in [0.5, 0.6) is 5.75 Å². The molecule has 7 heteroatoms. The fourth-order valence-electron chi connectivity index (χ4n) is 2.43. The number of carbonyl (C=O) groups excluding carboxylic acids is 1. The Morgan fingerprint density at radius 3 is 2.52 bits per heavy atom. The van der Waals surface area contributed by atoms with Gasteiger partial charge in [-0.2, -0.15) is 0 Å². The number of piperidine rings is 1. The number of carbonyl (C=O) groups is 1. The average molecular weight is 312 g/mol. The molecule has 0 aliphatic carbocycles. The van der Waals surface area contributed by atoms with Gasteiger partial charge < -0.3 is 10.0 Å². The number of hydrogen-bond donors (Lipinski definition) is 2. The SMILES string of the molecule is CC(=O)N1CCC(NS(=O)(=O)c2cc(C)ccc2O)CC1. The van der Waals surface area contributed by atoms with Gasteiger partial charge in [-0.25, -0.2) is 13.1 Å². The zero-order valence-electron chi connectivity index (χ0n) is 12.2. The van der Waals surface area contributed by atoms with Crippen molar-refractivity contribution in [1.29, 1.82) is 0 Å². The molecule has 2 N–H and O–H groups in total. The van der Waals surface area contributed by atoms with E-state index in [1.165, 1.54) is 19.1 Å². The largest absolute Gasteiger partial charge is 0.507 e. The van der Waals surface area contributed by atoms with Crippen molar-refractivity contribution in [2.24, 2.45) is 0 Å². The summed E-state index contributed by atoms with van der Waals surface area (Å²) in [6, 6.07) is 4.26. The van der Waals surface area contributed by atoms with Gasteiger partial charge in [0.1, 0.15) is 10.6 Å². The summed E-state index contributed by atoms with van der Waals surface area (Å²) in [6.07, 6.45) is 1.15. The van der Waals surface area contributed by atoms with Gasteiger partial charge in [0.15, 0.2) is 0 Å². The number of nitrogens with zero attached hydrogens (tertiary/aromatic N) is 1. The molecule has 2 rings (SSSR count). The molecule has 1 saturated heterocycles. The van der Waals surface area contributed by atoms with Gasteiger partial charge in [-0.15, -0.1) is 0 Å². The van der Waals surface area contributed by atoms with Gasteiger partial charge in [0.05, 0.1) is 0 Å². The van der Waals surface area contributed by atoms with Crippen LogP contribution in [0, 0.1) is 6.92 Å². The topological polar surface area (TPSA) is 86.7 Å². The first-order chi connectivity index (χ1) is 9.79. The highest BCUT2D eigenvalue weighted by Crippen LogP contribution is 2.24. The summed E-state index contributed by atoms with van der Waals surface area (Å²) in [6.45, 7) is 4.36. The number of phenols is 1. The van der Waals surface area contributed by atoms with Crippen LogP contribution in [0.4, 0.5) is 0 Å². The molecule has 116 valence electrons. The van der Waals surface area contributed by atoms with Crippen molar-refractivity contribution in [1.82, 2.24) is 9.62 Å². The Morgan fingerprint density at radius 1 is 1.33 bits per heavy atom. The van der Waals surface area contributed by atoms with Crippen molar-refractivity contribution >= 4 is 15.9 Å². The van der Waals surface area contributed by atoms with E-state index in [2.05, 4.69) is 4.72 Å². The molecule has 0 saturated carbocycles. The van der Waals surface area contributed by atoms with Crippen molar-refractivity contribution in [3.8, 4) is 5.75 Å². The first-order valence-corrected chi connectivity index (χ1v) is 8.35. The third-order valence-corrected chi connectivity index (χ3v) is 5.22. The van der Waals surface area contributed by atoms with E-state index in [0.717, 1.165) is 5.56 Å². The predicted octanol–water partition coefficient (Wildman–Crippen LogP) is 0.990. The van der Waals surface area contributed by atoms with Gasteiger partial charge in [-0.3, -0.25) is 4.79 Å². The highest BCUT2D eigenvalue weighted by Gasteiger charge is 2.27. The molecule has 1 aromatic rings. The monoisotopic (exact) mass is 312 g/mol. The number of benzene rings is 1. The van der Waals surface area contributed by atoms with Crippen LogP contribution in [-0.2, 0) is 14.8 Å². The molecule has 1 fully saturated rings. The van der Waals surface area contributed by atoms with Gasteiger partial charge in [-0.1, -0.05) is 6.07 Å². The Balaban J connectivity index is 2.09. The Morgan fingerprint density at radius 2 is 1.95 bits per heavy atom. The summed E-state index contributed by atoms with van der Waals surface area (Å²) >= 11 is 0. The summed E-state index contributed by atoms with van der Waals surface area (Å²) in [7, 11) is -3.75. The minimum atomic E-state index is -3.75. The van der Waals surface area contributed by atoms with E-state index < -0.39 is 10.0 Å². The van der Waals surface area contributed by atoms with Crippen molar-refractivity contribution in [3.63, 3.8) is 0 Å². The molecule has 0 atom stereocenters. The molecule has 21 heavy (non-hydrogen) atoms. The predicted molar refractivity (Wildman–Crippen MR) is 78.4 cm³/mol. The quantitative estimate of drug-likeness (QED) is 0.871. The lowest BCUT2D eigenvalue weighted by atomic mass is 10.1. The Bertz CT molecular complexity index is 634. The Kier molecular flexibility index (Phi) is 4.53. The first kappa shape index (κ1) is 15.8. The van der Waals surface area contributed by atoms with Crippen LogP contribution in [0.25, 0.3) is 0 Å². The molecule has 0 aromatic heterocycles. The lowest BCUT2D eigenvalue weighted by Gasteiger charge is -2.31. The number of aromatic hydroxyl groups is 1. The number of rotatable bonds is 3. The van der Waals surface area contributed by atoms with Crippen LogP contribution in [-0.4, -0.2) is 43.5 Å². The molecule has 1 aliphatic heterocycles. The van der Waals surface area contributed by atoms with Crippen LogP contribution in [0.3, 0.4) is 0 Å². The van der Waals surface area contributed by atoms with E-state index in [1.54, 1.807) is 17.9 Å². The Labute approximate surface area is 124 Å². The number of phenolic OH excluding ortho intramolecular Hbond substituents is 1. The van der Waals surface area contributed by atoms with Crippen LogP contribution in [0.1, 0.15) is 25.3 Å². The minimum absolute atomic E-state index is 0.00707. The fraction of sp³-hybridized carbons (Fsp3) is 0.500. The van der Waals surface area contributed by atoms with Crippen molar-refractivity contribution < 1.29 is 18.3 Å². The number of amides is 1. The fourth-order valence-corrected chi connectivity index (χ4v) is 3.92. The van der Waals surface area contributed by atoms with E-state index in [4.69, 9.17) is 0 Å². The van der Waals surface area contributed by atoms with E-state index in [1.807, 2.05) is 0 Å². The van der Waals surface area contributed by atoms with Crippen molar-refractivity contribution in [2.75, 3.05) is 13.1 Å². The molecule has 1 amide bonds. The summed E-state index contributed by atoms with van der Waals surface area (Å²) < 4.78 is 27.3. The summed E-state index contributed by atoms with van der Waals surface area (Å²) in [5, 5.41) is 9.74. The van der Waals surface area contributed by atoms with Crippen LogP contribution < -0.4 is 4.72 Å². The van der Waals surface area contributed by atoms with Crippen LogP contribution in [0.2, 0.25) is 0 Å². The smallest absolute Gasteiger partial charge is 0.244 e. The maximum absolute atomic E-state index is 12.3. The molecule has 6 nitrogen and oxygen atoms in total. The van der Waals surface area contributed by atoms with Crippen molar-refractivity contribution in [3.05, 3.63) is 23.8 Å². The second-order valence-electron chi connectivity index (χ2n) is 5.37. The average Bonchev–Trinajstić information content (AvgIpc) is 2.41. The lowest BCUT2D eigenvalue weighted by Crippen LogP contribution is -2.45. The number of nitrogens with one attached hydrogen (secondary N) is 1. The molecule has 0 spiro atoms. The van der Waals surface area contributed by atoms with Gasteiger partial charge >= 0.3 is 0 Å². The molecule has 1 aliphatic rings. The molecule has 0 radical (unpaired) electrons. The van der Waals surface area contributed by atoms with E-state index in [9.17, 15) is 18.3 Å². The zero-order chi connectivity index (χ0) is 15.6. The van der Waals surface area contributed by atoms with E-state index in [-0.39, 0.29) is 22.6 Å². The number of hydrogen-bond acceptors (Lipinski definition) is 4. The molecular weight excluding hydrogens is 292 g/mol. The van der Waals surface area contributed by atoms with Gasteiger partial charge in [0.25, 0.3) is 0 Å². The zero-order valence-corrected chi connectivity index (χ0v) is 13.0. The second-order valence-corrected chi connectivity index (χ2v) is 7.06. The van der Waals surface area contributed by atoms with Gasteiger partial charge in [0, 0.05) is 26.1 Å². The van der Waals surface area contributed by atoms with E-state index in [0.29, 0.717) is 25.9 Å². The molecule has 1 aromatic carbocycles. The molecule has 0 bridgehead atoms. The van der Waals surface area contributed by atoms with Crippen molar-refractivity contribution in [2.45, 2.75) is 37.6 Å². The van der Waals surface area contributed by atoms with Crippen LogP contribution >= 0.6 is 0 Å². The highest BCUT2D eigenvalue weighted by atomic mass is 32.2. The number of likely N-dealkylation sites (tertiary alicyclic amines) is 1. The van der Waals surface area contributed by atoms with E-state index >= 15 is 0 Å². The first-order valence-electron chi connectivity index (χ1n) is 6.87. The standard InChI is InChI=1S/C14H20N2O4S/c1-10-3-4-13(18)14(9-10)21(19,20)15-12-5-7-16(8-6-12)11(2)17/h3-4,9,12,15,18H,5-8H2,1-2H3. The Hall–Kier alpha value is -1.60. The van der Waals surface area contributed by atoms with Gasteiger partial charge in [-0.05, 0) is 37.5 Å². The normalized spacial score (nSPS) is 17.0. The minimum Gasteiger partial charge on any atom is -0.507 e.